The van der Waals surface area contributed by atoms with Crippen LogP contribution in [0.3, 0.4) is 0 Å². The highest BCUT2D eigenvalue weighted by molar-refractivity contribution is 7.09. The van der Waals surface area contributed by atoms with Crippen LogP contribution in [0.15, 0.2) is 46.3 Å². The molecular weight excluding hydrogens is 338 g/mol. The second-order valence-electron chi connectivity index (χ2n) is 5.90. The number of para-hydroxylation sites is 1. The fourth-order valence-corrected chi connectivity index (χ4v) is 3.51. The molecule has 1 aromatic carbocycles. The standard InChI is InChI=1S/C18H17N3O3S/c22-18(13-8-12-4-1-2-6-15(12)23-11-13)19-10-17-20-16(21-24-17)9-14-5-3-7-25-14/h1-7,13H,8-11H2,(H,19,22). The lowest BCUT2D eigenvalue weighted by molar-refractivity contribution is -0.126. The lowest BCUT2D eigenvalue weighted by Crippen LogP contribution is -2.37. The molecule has 25 heavy (non-hydrogen) atoms. The molecule has 3 aromatic rings. The predicted molar refractivity (Wildman–Crippen MR) is 92.4 cm³/mol. The zero-order valence-corrected chi connectivity index (χ0v) is 14.3. The third kappa shape index (κ3) is 3.71. The molecule has 6 nitrogen and oxygen atoms in total. The molecule has 0 bridgehead atoms. The van der Waals surface area contributed by atoms with Crippen molar-refractivity contribution < 1.29 is 14.1 Å². The van der Waals surface area contributed by atoms with Crippen molar-refractivity contribution in [2.24, 2.45) is 5.92 Å². The molecule has 1 aliphatic heterocycles. The van der Waals surface area contributed by atoms with Gasteiger partial charge in [-0.3, -0.25) is 4.79 Å². The van der Waals surface area contributed by atoms with Crippen LogP contribution in [-0.2, 0) is 24.2 Å². The van der Waals surface area contributed by atoms with Gasteiger partial charge in [0.25, 0.3) is 0 Å². The largest absolute Gasteiger partial charge is 0.492 e. The molecule has 0 saturated heterocycles. The van der Waals surface area contributed by atoms with Crippen LogP contribution < -0.4 is 10.1 Å². The molecule has 1 amide bonds. The average Bonchev–Trinajstić information content (AvgIpc) is 3.32. The van der Waals surface area contributed by atoms with Crippen molar-refractivity contribution in [1.29, 1.82) is 0 Å². The molecule has 1 unspecified atom stereocenters. The Morgan fingerprint density at radius 2 is 2.20 bits per heavy atom. The number of hydrogen-bond acceptors (Lipinski definition) is 6. The summed E-state index contributed by atoms with van der Waals surface area (Å²) < 4.78 is 10.9. The summed E-state index contributed by atoms with van der Waals surface area (Å²) in [6.45, 7) is 0.616. The third-order valence-corrected chi connectivity index (χ3v) is 4.96. The second-order valence-corrected chi connectivity index (χ2v) is 6.93. The highest BCUT2D eigenvalue weighted by Crippen LogP contribution is 2.26. The molecule has 1 aliphatic rings. The Hall–Kier alpha value is -2.67. The van der Waals surface area contributed by atoms with Crippen LogP contribution in [0.25, 0.3) is 0 Å². The van der Waals surface area contributed by atoms with Gasteiger partial charge in [0.15, 0.2) is 5.82 Å². The van der Waals surface area contributed by atoms with E-state index in [1.807, 2.05) is 41.8 Å². The molecule has 1 N–H and O–H groups in total. The number of nitrogens with one attached hydrogen (secondary N) is 1. The minimum absolute atomic E-state index is 0.0625. The monoisotopic (exact) mass is 355 g/mol. The van der Waals surface area contributed by atoms with Gasteiger partial charge >= 0.3 is 0 Å². The fraction of sp³-hybridized carbons (Fsp3) is 0.278. The Labute approximate surface area is 148 Å². The number of nitrogens with zero attached hydrogens (tertiary/aromatic N) is 2. The number of carbonyl (C=O) groups is 1. The van der Waals surface area contributed by atoms with Crippen molar-refractivity contribution in [2.45, 2.75) is 19.4 Å². The molecular formula is C18H17N3O3S. The number of thiophene rings is 1. The van der Waals surface area contributed by atoms with Gasteiger partial charge in [0.1, 0.15) is 12.4 Å². The van der Waals surface area contributed by atoms with E-state index in [1.54, 1.807) is 11.3 Å². The van der Waals surface area contributed by atoms with E-state index >= 15 is 0 Å². The van der Waals surface area contributed by atoms with Crippen molar-refractivity contribution in [1.82, 2.24) is 15.5 Å². The van der Waals surface area contributed by atoms with Crippen molar-refractivity contribution >= 4 is 17.2 Å². The highest BCUT2D eigenvalue weighted by Gasteiger charge is 2.25. The summed E-state index contributed by atoms with van der Waals surface area (Å²) in [5.41, 5.74) is 1.06. The number of ether oxygens (including phenoxy) is 1. The molecule has 128 valence electrons. The van der Waals surface area contributed by atoms with Crippen LogP contribution in [0.5, 0.6) is 5.75 Å². The first-order valence-electron chi connectivity index (χ1n) is 8.10. The first kappa shape index (κ1) is 15.8. The van der Waals surface area contributed by atoms with Crippen LogP contribution in [0.4, 0.5) is 0 Å². The predicted octanol–water partition coefficient (Wildman–Crippen LogP) is 2.59. The number of hydrogen-bond donors (Lipinski definition) is 1. The summed E-state index contributed by atoms with van der Waals surface area (Å²) in [4.78, 5) is 17.9. The molecule has 0 spiro atoms. The molecule has 0 radical (unpaired) electrons. The molecule has 0 aliphatic carbocycles. The number of amides is 1. The van der Waals surface area contributed by atoms with Gasteiger partial charge in [0.05, 0.1) is 12.5 Å². The zero-order chi connectivity index (χ0) is 17.1. The molecule has 1 atom stereocenters. The third-order valence-electron chi connectivity index (χ3n) is 4.09. The lowest BCUT2D eigenvalue weighted by atomic mass is 9.96. The van der Waals surface area contributed by atoms with Crippen LogP contribution in [0.2, 0.25) is 0 Å². The fourth-order valence-electron chi connectivity index (χ4n) is 2.81. The van der Waals surface area contributed by atoms with E-state index in [4.69, 9.17) is 9.26 Å². The Kier molecular flexibility index (Phi) is 4.47. The van der Waals surface area contributed by atoms with Gasteiger partial charge in [0, 0.05) is 11.3 Å². The number of rotatable bonds is 5. The van der Waals surface area contributed by atoms with Crippen LogP contribution in [0.1, 0.15) is 22.2 Å². The molecule has 7 heteroatoms. The quantitative estimate of drug-likeness (QED) is 0.761. The van der Waals surface area contributed by atoms with E-state index in [0.29, 0.717) is 31.2 Å². The maximum Gasteiger partial charge on any atom is 0.246 e. The first-order chi connectivity index (χ1) is 12.3. The van der Waals surface area contributed by atoms with E-state index < -0.39 is 0 Å². The average molecular weight is 355 g/mol. The summed E-state index contributed by atoms with van der Waals surface area (Å²) in [5, 5.41) is 8.83. The highest BCUT2D eigenvalue weighted by atomic mass is 32.1. The Bertz CT molecular complexity index is 860. The van der Waals surface area contributed by atoms with E-state index in [1.165, 1.54) is 4.88 Å². The summed E-state index contributed by atoms with van der Waals surface area (Å²) in [6.07, 6.45) is 1.32. The van der Waals surface area contributed by atoms with E-state index in [9.17, 15) is 4.79 Å². The minimum Gasteiger partial charge on any atom is -0.492 e. The maximum absolute atomic E-state index is 12.4. The number of carbonyl (C=O) groups excluding carboxylic acids is 1. The maximum atomic E-state index is 12.4. The molecule has 4 rings (SSSR count). The Morgan fingerprint density at radius 1 is 1.28 bits per heavy atom. The topological polar surface area (TPSA) is 77.3 Å². The summed E-state index contributed by atoms with van der Waals surface area (Å²) >= 11 is 1.65. The van der Waals surface area contributed by atoms with Gasteiger partial charge in [-0.1, -0.05) is 29.4 Å². The van der Waals surface area contributed by atoms with Crippen LogP contribution >= 0.6 is 11.3 Å². The second kappa shape index (κ2) is 7.06. The number of benzene rings is 1. The van der Waals surface area contributed by atoms with Gasteiger partial charge in [-0.2, -0.15) is 4.98 Å². The SMILES string of the molecule is O=C(NCc1nc(Cc2cccs2)no1)C1COc2ccccc2C1. The molecule has 0 saturated carbocycles. The molecule has 0 fully saturated rings. The summed E-state index contributed by atoms with van der Waals surface area (Å²) in [5.74, 6) is 1.64. The van der Waals surface area contributed by atoms with Gasteiger partial charge in [-0.05, 0) is 29.5 Å². The number of aromatic nitrogens is 2. The Balaban J connectivity index is 1.31. The first-order valence-corrected chi connectivity index (χ1v) is 8.98. The van der Waals surface area contributed by atoms with E-state index in [0.717, 1.165) is 11.3 Å². The van der Waals surface area contributed by atoms with Gasteiger partial charge in [0.2, 0.25) is 11.8 Å². The molecule has 3 heterocycles. The van der Waals surface area contributed by atoms with Gasteiger partial charge in [-0.15, -0.1) is 11.3 Å². The lowest BCUT2D eigenvalue weighted by Gasteiger charge is -2.24. The summed E-state index contributed by atoms with van der Waals surface area (Å²) in [6, 6.07) is 11.8. The zero-order valence-electron chi connectivity index (χ0n) is 13.5. The number of fused-ring (bicyclic) bond motifs is 1. The normalized spacial score (nSPS) is 16.1. The van der Waals surface area contributed by atoms with E-state index in [2.05, 4.69) is 15.5 Å². The van der Waals surface area contributed by atoms with Crippen LogP contribution in [-0.4, -0.2) is 22.7 Å². The van der Waals surface area contributed by atoms with Crippen molar-refractivity contribution in [2.75, 3.05) is 6.61 Å². The van der Waals surface area contributed by atoms with E-state index in [-0.39, 0.29) is 18.4 Å². The Morgan fingerprint density at radius 3 is 3.08 bits per heavy atom. The molecule has 2 aromatic heterocycles. The van der Waals surface area contributed by atoms with Crippen molar-refractivity contribution in [3.63, 3.8) is 0 Å². The van der Waals surface area contributed by atoms with Gasteiger partial charge < -0.3 is 14.6 Å². The van der Waals surface area contributed by atoms with Crippen molar-refractivity contribution in [3.05, 3.63) is 63.9 Å². The van der Waals surface area contributed by atoms with Crippen LogP contribution in [0, 0.1) is 5.92 Å². The van der Waals surface area contributed by atoms with Gasteiger partial charge in [-0.25, -0.2) is 0 Å². The minimum atomic E-state index is -0.205. The van der Waals surface area contributed by atoms with Crippen molar-refractivity contribution in [3.8, 4) is 5.75 Å². The summed E-state index contributed by atoms with van der Waals surface area (Å²) in [7, 11) is 0. The smallest absolute Gasteiger partial charge is 0.246 e.